The molecule has 2 aromatic carbocycles. The van der Waals surface area contributed by atoms with Crippen LogP contribution < -0.4 is 9.81 Å². The summed E-state index contributed by atoms with van der Waals surface area (Å²) in [5, 5.41) is -0.366. The van der Waals surface area contributed by atoms with Crippen LogP contribution in [-0.2, 0) is 29.1 Å². The second kappa shape index (κ2) is 6.37. The Balaban J connectivity index is 1.73. The fraction of sp³-hybridized carbons (Fsp3) is 0.211. The number of aryl methyl sites for hydroxylation is 2. The molecule has 0 fully saturated rings. The Bertz CT molecular complexity index is 1240. The molecule has 28 heavy (non-hydrogen) atoms. The first-order valence-corrected chi connectivity index (χ1v) is 9.76. The highest BCUT2D eigenvalue weighted by Gasteiger charge is 2.34. The molecule has 4 rings (SSSR count). The monoisotopic (exact) mass is 410 g/mol. The van der Waals surface area contributed by atoms with E-state index in [2.05, 4.69) is 0 Å². The van der Waals surface area contributed by atoms with Crippen LogP contribution >= 0.6 is 0 Å². The highest BCUT2D eigenvalue weighted by Crippen LogP contribution is 2.35. The van der Waals surface area contributed by atoms with Crippen molar-refractivity contribution in [2.24, 2.45) is 0 Å². The van der Waals surface area contributed by atoms with E-state index in [0.29, 0.717) is 6.07 Å². The van der Waals surface area contributed by atoms with E-state index >= 15 is 0 Å². The molecule has 0 amide bonds. The highest BCUT2D eigenvalue weighted by atomic mass is 32.2. The predicted octanol–water partition coefficient (Wildman–Crippen LogP) is 4.07. The van der Waals surface area contributed by atoms with Crippen molar-refractivity contribution < 1.29 is 30.2 Å². The SMILES string of the molecule is O=c1cc(C(F)(F)F)c2ccc(OS(=O)(=O)c3ccc4c(c3)CCC4)cc2o1. The van der Waals surface area contributed by atoms with Crippen molar-refractivity contribution in [3.63, 3.8) is 0 Å². The van der Waals surface area contributed by atoms with Crippen molar-refractivity contribution in [1.82, 2.24) is 0 Å². The number of rotatable bonds is 3. The molecule has 0 unspecified atom stereocenters. The summed E-state index contributed by atoms with van der Waals surface area (Å²) in [6.45, 7) is 0. The van der Waals surface area contributed by atoms with Gasteiger partial charge in [-0.1, -0.05) is 6.07 Å². The van der Waals surface area contributed by atoms with Crippen LogP contribution in [0, 0.1) is 0 Å². The van der Waals surface area contributed by atoms with E-state index in [1.54, 1.807) is 12.1 Å². The van der Waals surface area contributed by atoms with Gasteiger partial charge in [0.15, 0.2) is 0 Å². The molecule has 0 radical (unpaired) electrons. The summed E-state index contributed by atoms with van der Waals surface area (Å²) in [5.41, 5.74) is -0.748. The summed E-state index contributed by atoms with van der Waals surface area (Å²) >= 11 is 0. The quantitative estimate of drug-likeness (QED) is 0.481. The minimum Gasteiger partial charge on any atom is -0.423 e. The lowest BCUT2D eigenvalue weighted by Gasteiger charge is -2.11. The first-order valence-electron chi connectivity index (χ1n) is 8.35. The molecule has 0 aliphatic heterocycles. The van der Waals surface area contributed by atoms with Gasteiger partial charge in [0.05, 0.1) is 5.56 Å². The van der Waals surface area contributed by atoms with E-state index in [-0.39, 0.29) is 16.0 Å². The smallest absolute Gasteiger partial charge is 0.417 e. The second-order valence-electron chi connectivity index (χ2n) is 6.46. The summed E-state index contributed by atoms with van der Waals surface area (Å²) in [4.78, 5) is 11.4. The van der Waals surface area contributed by atoms with Crippen LogP contribution in [0.5, 0.6) is 5.75 Å². The fourth-order valence-electron chi connectivity index (χ4n) is 3.31. The molecule has 9 heteroatoms. The Hall–Kier alpha value is -2.81. The molecular formula is C19H13F3O5S. The summed E-state index contributed by atoms with van der Waals surface area (Å²) in [6.07, 6.45) is -2.14. The largest absolute Gasteiger partial charge is 0.423 e. The van der Waals surface area contributed by atoms with Gasteiger partial charge in [0.1, 0.15) is 16.2 Å². The van der Waals surface area contributed by atoms with Crippen LogP contribution in [0.1, 0.15) is 23.1 Å². The first-order chi connectivity index (χ1) is 13.1. The molecule has 5 nitrogen and oxygen atoms in total. The summed E-state index contributed by atoms with van der Waals surface area (Å²) in [5.74, 6) is -0.254. The number of hydrogen-bond acceptors (Lipinski definition) is 5. The third kappa shape index (κ3) is 3.37. The van der Waals surface area contributed by atoms with E-state index in [1.165, 1.54) is 6.07 Å². The molecular weight excluding hydrogens is 397 g/mol. The molecule has 0 N–H and O–H groups in total. The molecule has 1 aliphatic carbocycles. The topological polar surface area (TPSA) is 73.6 Å². The van der Waals surface area contributed by atoms with Gasteiger partial charge in [0.25, 0.3) is 0 Å². The molecule has 3 aromatic rings. The van der Waals surface area contributed by atoms with Crippen molar-refractivity contribution in [3.8, 4) is 5.75 Å². The number of benzene rings is 2. The van der Waals surface area contributed by atoms with Gasteiger partial charge < -0.3 is 8.60 Å². The number of hydrogen-bond donors (Lipinski definition) is 0. The van der Waals surface area contributed by atoms with Crippen LogP contribution in [0.15, 0.2) is 56.6 Å². The summed E-state index contributed by atoms with van der Waals surface area (Å²) < 4.78 is 74.2. The van der Waals surface area contributed by atoms with Crippen LogP contribution in [-0.4, -0.2) is 8.42 Å². The van der Waals surface area contributed by atoms with Crippen molar-refractivity contribution in [1.29, 1.82) is 0 Å². The molecule has 146 valence electrons. The normalized spacial score (nSPS) is 14.2. The number of halogens is 3. The standard InChI is InChI=1S/C19H13F3O5S/c20-19(21,22)16-10-18(23)26-17-9-13(5-7-15(16)17)27-28(24,25)14-6-4-11-2-1-3-12(11)8-14/h4-10H,1-3H2. The van der Waals surface area contributed by atoms with Crippen molar-refractivity contribution in [3.05, 3.63) is 69.6 Å². The molecule has 1 heterocycles. The highest BCUT2D eigenvalue weighted by molar-refractivity contribution is 7.87. The molecule has 0 bridgehead atoms. The third-order valence-corrected chi connectivity index (χ3v) is 5.83. The van der Waals surface area contributed by atoms with Gasteiger partial charge >= 0.3 is 21.9 Å². The van der Waals surface area contributed by atoms with Crippen LogP contribution in [0.2, 0.25) is 0 Å². The van der Waals surface area contributed by atoms with Crippen molar-refractivity contribution >= 4 is 21.1 Å². The van der Waals surface area contributed by atoms with Gasteiger partial charge in [0, 0.05) is 17.5 Å². The minimum absolute atomic E-state index is 0.0428. The molecule has 0 atom stereocenters. The average Bonchev–Trinajstić information content (AvgIpc) is 3.07. The Kier molecular flexibility index (Phi) is 4.22. The van der Waals surface area contributed by atoms with E-state index < -0.39 is 33.1 Å². The van der Waals surface area contributed by atoms with Crippen LogP contribution in [0.3, 0.4) is 0 Å². The summed E-state index contributed by atoms with van der Waals surface area (Å²) in [7, 11) is -4.19. The Morgan fingerprint density at radius 3 is 2.46 bits per heavy atom. The van der Waals surface area contributed by atoms with Crippen LogP contribution in [0.4, 0.5) is 13.2 Å². The number of fused-ring (bicyclic) bond motifs is 2. The molecule has 0 saturated heterocycles. The summed E-state index contributed by atoms with van der Waals surface area (Å²) in [6, 6.07) is 8.11. The Morgan fingerprint density at radius 2 is 1.71 bits per heavy atom. The minimum atomic E-state index is -4.76. The van der Waals surface area contributed by atoms with Gasteiger partial charge in [-0.2, -0.15) is 21.6 Å². The van der Waals surface area contributed by atoms with E-state index in [9.17, 15) is 26.4 Å². The van der Waals surface area contributed by atoms with Gasteiger partial charge in [-0.05, 0) is 54.7 Å². The predicted molar refractivity (Wildman–Crippen MR) is 93.8 cm³/mol. The molecule has 0 saturated carbocycles. The maximum atomic E-state index is 13.1. The van der Waals surface area contributed by atoms with Gasteiger partial charge in [0.2, 0.25) is 0 Å². The van der Waals surface area contributed by atoms with Gasteiger partial charge in [-0.3, -0.25) is 0 Å². The Morgan fingerprint density at radius 1 is 0.964 bits per heavy atom. The lowest BCUT2D eigenvalue weighted by molar-refractivity contribution is -0.136. The lowest BCUT2D eigenvalue weighted by Crippen LogP contribution is -2.12. The first kappa shape index (κ1) is 18.5. The lowest BCUT2D eigenvalue weighted by atomic mass is 10.1. The van der Waals surface area contributed by atoms with Gasteiger partial charge in [-0.25, -0.2) is 4.79 Å². The zero-order chi connectivity index (χ0) is 20.1. The van der Waals surface area contributed by atoms with Crippen molar-refractivity contribution in [2.75, 3.05) is 0 Å². The maximum absolute atomic E-state index is 13.1. The average molecular weight is 410 g/mol. The van der Waals surface area contributed by atoms with Gasteiger partial charge in [-0.15, -0.1) is 0 Å². The zero-order valence-corrected chi connectivity index (χ0v) is 15.1. The molecule has 1 aromatic heterocycles. The Labute approximate surface area is 157 Å². The molecule has 0 spiro atoms. The number of alkyl halides is 3. The van der Waals surface area contributed by atoms with E-state index in [0.717, 1.165) is 48.6 Å². The maximum Gasteiger partial charge on any atom is 0.417 e. The van der Waals surface area contributed by atoms with Crippen molar-refractivity contribution in [2.45, 2.75) is 30.3 Å². The van der Waals surface area contributed by atoms with E-state index in [1.807, 2.05) is 0 Å². The zero-order valence-electron chi connectivity index (χ0n) is 14.2. The fourth-order valence-corrected chi connectivity index (χ4v) is 4.28. The van der Waals surface area contributed by atoms with E-state index in [4.69, 9.17) is 8.60 Å². The molecule has 1 aliphatic rings. The second-order valence-corrected chi connectivity index (χ2v) is 8.00. The third-order valence-electron chi connectivity index (χ3n) is 4.59. The van der Waals surface area contributed by atoms with Crippen LogP contribution in [0.25, 0.3) is 11.0 Å².